The van der Waals surface area contributed by atoms with Crippen LogP contribution in [0.4, 0.5) is 0 Å². The topological polar surface area (TPSA) is 223 Å². The van der Waals surface area contributed by atoms with Crippen LogP contribution in [-0.4, -0.2) is 135 Å². The van der Waals surface area contributed by atoms with Gasteiger partial charge >= 0.3 is 0 Å². The number of hydrogen-bond donors (Lipinski definition) is 3. The third kappa shape index (κ3) is 17.2. The predicted molar refractivity (Wildman–Crippen MR) is 353 cm³/mol. The van der Waals surface area contributed by atoms with Crippen molar-refractivity contribution in [3.8, 4) is 0 Å². The number of fused-ring (bicyclic) bond motifs is 1. The summed E-state index contributed by atoms with van der Waals surface area (Å²) in [5.74, 6) is 0. The molecule has 4 saturated heterocycles. The molecule has 0 radical (unpaired) electrons. The first-order valence-electron chi connectivity index (χ1n) is 32.0. The van der Waals surface area contributed by atoms with Gasteiger partial charge in [0.05, 0.1) is 55.5 Å². The number of rotatable bonds is 27. The van der Waals surface area contributed by atoms with Gasteiger partial charge in [-0.1, -0.05) is 216 Å². The summed E-state index contributed by atoms with van der Waals surface area (Å²) in [4.78, 5) is -0.0894. The van der Waals surface area contributed by atoms with Crippen LogP contribution in [0, 0.1) is 0 Å². The van der Waals surface area contributed by atoms with Crippen molar-refractivity contribution in [2.45, 2.75) is 187 Å². The van der Waals surface area contributed by atoms with Gasteiger partial charge in [-0.05, 0) is 71.1 Å². The molecule has 0 aliphatic carbocycles. The van der Waals surface area contributed by atoms with Gasteiger partial charge in [-0.2, -0.15) is 0 Å². The zero-order valence-corrected chi connectivity index (χ0v) is 56.3. The molecule has 0 spiro atoms. The average molecular weight is 1340 g/mol. The van der Waals surface area contributed by atoms with E-state index in [1.807, 2.05) is 159 Å². The van der Waals surface area contributed by atoms with Crippen LogP contribution in [0.25, 0.3) is 0 Å². The van der Waals surface area contributed by atoms with Crippen LogP contribution in [0.15, 0.2) is 222 Å². The van der Waals surface area contributed by atoms with Gasteiger partial charge in [-0.25, -0.2) is 26.3 Å². The molecule has 22 heteroatoms. The Hall–Kier alpha value is -5.94. The van der Waals surface area contributed by atoms with E-state index in [1.54, 1.807) is 36.4 Å². The molecule has 94 heavy (non-hydrogen) atoms. The molecule has 4 fully saturated rings. The van der Waals surface area contributed by atoms with Gasteiger partial charge in [-0.15, -0.1) is 0 Å². The number of nitrogens with one attached hydrogen (secondary N) is 2. The molecule has 0 bridgehead atoms. The Morgan fingerprint density at radius 3 is 1.36 bits per heavy atom. The van der Waals surface area contributed by atoms with Crippen LogP contribution < -0.4 is 9.44 Å². The lowest BCUT2D eigenvalue weighted by Gasteiger charge is -2.53. The van der Waals surface area contributed by atoms with Gasteiger partial charge in [0.2, 0.25) is 20.0 Å². The molecule has 16 atom stereocenters. The Morgan fingerprint density at radius 1 is 0.489 bits per heavy atom. The molecule has 7 aromatic carbocycles. The van der Waals surface area contributed by atoms with E-state index in [1.165, 1.54) is 24.3 Å². The minimum Gasteiger partial charge on any atom is -0.391 e. The van der Waals surface area contributed by atoms with E-state index in [0.717, 1.165) is 27.8 Å². The highest BCUT2D eigenvalue weighted by atomic mass is 32.2. The molecule has 11 rings (SSSR count). The summed E-state index contributed by atoms with van der Waals surface area (Å²) in [6, 6.07) is 60.3. The smallest absolute Gasteiger partial charge is 0.241 e. The number of aliphatic hydroxyl groups excluding tert-OH is 1. The van der Waals surface area contributed by atoms with Crippen molar-refractivity contribution in [2.75, 3.05) is 13.2 Å². The molecule has 7 aromatic rings. The lowest BCUT2D eigenvalue weighted by atomic mass is 9.93. The predicted octanol–water partition coefficient (Wildman–Crippen LogP) is 10.5. The van der Waals surface area contributed by atoms with Crippen molar-refractivity contribution in [3.05, 3.63) is 240 Å². The summed E-state index contributed by atoms with van der Waals surface area (Å²) in [6.45, 7) is 12.1. The number of hydrogen-bond acceptors (Lipinski definition) is 17. The second-order valence-electron chi connectivity index (χ2n) is 25.5. The van der Waals surface area contributed by atoms with E-state index in [9.17, 15) is 13.5 Å². The first kappa shape index (κ1) is 69.4. The van der Waals surface area contributed by atoms with Crippen molar-refractivity contribution in [1.82, 2.24) is 9.44 Å². The molecule has 0 saturated carbocycles. The van der Waals surface area contributed by atoms with Crippen LogP contribution in [0.5, 0.6) is 0 Å². The van der Waals surface area contributed by atoms with E-state index >= 15 is 8.42 Å². The van der Waals surface area contributed by atoms with Gasteiger partial charge in [0, 0.05) is 5.56 Å². The fraction of sp³-hybridized carbons (Fsp3) is 0.417. The maximum Gasteiger partial charge on any atom is 0.241 e. The maximum atomic E-state index is 15.3. The summed E-state index contributed by atoms with van der Waals surface area (Å²) in [5, 5.41) is 12.4. The van der Waals surface area contributed by atoms with E-state index in [4.69, 9.17) is 56.5 Å². The van der Waals surface area contributed by atoms with E-state index in [2.05, 4.69) is 43.3 Å². The lowest BCUT2D eigenvalue weighted by molar-refractivity contribution is -0.391. The first-order valence-corrected chi connectivity index (χ1v) is 37.9. The molecule has 19 nitrogen and oxygen atoms in total. The number of sulfonamides is 2. The summed E-state index contributed by atoms with van der Waals surface area (Å²) in [7, 11) is -11.7. The Bertz CT molecular complexity index is 3670. The Morgan fingerprint density at radius 2 is 0.894 bits per heavy atom. The minimum absolute atomic E-state index is 0.00985. The standard InChI is InChI=1S/C72H86N2O17S2Si/c1-7-56-63(66(82-45-51-33-19-10-20-34-51)60(70(85-56)91-94(5,6)72(2,3)4)74-93(78,79)55-41-27-14-28-42-55)89-69-59(73-92(76,77)54-39-25-13-26-40-54)65(81-44-50-31-17-9-18-32-50)64(57(86-69)47-80-43-49-29-15-8-16-30-49)90-71-67(83-46-52-35-21-11-22-36-52)61(75)62-58(87-71)48-84-68(88-62)53-37-23-12-24-38-53/h8-42,56-71,73-75H,7,43-48H2,1-6H3/t56?,57?,58?,59?,60?,61-,62-,63-,64-,65+,66-,67?,68?,69-,70-,71-/m0/s1. The van der Waals surface area contributed by atoms with Gasteiger partial charge < -0.3 is 61.6 Å². The molecular weight excluding hydrogens is 1260 g/mol. The zero-order chi connectivity index (χ0) is 65.9. The Kier molecular flexibility index (Phi) is 23.3. The Labute approximate surface area is 553 Å². The van der Waals surface area contributed by atoms with Crippen LogP contribution in [0.1, 0.15) is 68.2 Å². The van der Waals surface area contributed by atoms with E-state index < -0.39 is 127 Å². The van der Waals surface area contributed by atoms with Gasteiger partial charge in [0.15, 0.2) is 33.5 Å². The fourth-order valence-corrected chi connectivity index (χ4v) is 15.4. The van der Waals surface area contributed by atoms with Gasteiger partial charge in [0.25, 0.3) is 0 Å². The summed E-state index contributed by atoms with van der Waals surface area (Å²) in [5.41, 5.74) is 3.90. The Balaban J connectivity index is 1.04. The molecule has 0 aromatic heterocycles. The third-order valence-corrected chi connectivity index (χ3v) is 25.2. The first-order chi connectivity index (χ1) is 45.3. The molecule has 3 N–H and O–H groups in total. The highest BCUT2D eigenvalue weighted by Crippen LogP contribution is 2.43. The SMILES string of the molecule is CCC1O[C@@H](O[Si](C)(C)C(C)(C)C)C(NS(=O)(=O)c2ccccc2)[C@H](OCc2ccccc2)[C@H]1O[C@@H]1OC(COCc2ccccc2)[C@H](O[C@@H]2OC3COC(c4ccccc4)O[C@@H]3[C@H](O)C2OCc2ccccc2)[C@H](OCc2ccccc2)C1NS(=O)(=O)c1ccccc1. The van der Waals surface area contributed by atoms with Crippen LogP contribution in [-0.2, 0) is 103 Å². The molecule has 0 amide bonds. The normalized spacial score (nSPS) is 28.5. The quantitative estimate of drug-likeness (QED) is 0.0407. The van der Waals surface area contributed by atoms with Gasteiger partial charge in [0.1, 0.15) is 67.0 Å². The van der Waals surface area contributed by atoms with E-state index in [0.29, 0.717) is 0 Å². The van der Waals surface area contributed by atoms with Crippen LogP contribution in [0.2, 0.25) is 18.1 Å². The highest BCUT2D eigenvalue weighted by molar-refractivity contribution is 7.89. The molecule has 7 unspecified atom stereocenters. The molecule has 4 heterocycles. The lowest BCUT2D eigenvalue weighted by Crippen LogP contribution is -2.71. The van der Waals surface area contributed by atoms with Crippen molar-refractivity contribution in [1.29, 1.82) is 0 Å². The second-order valence-corrected chi connectivity index (χ2v) is 33.7. The van der Waals surface area contributed by atoms with Crippen molar-refractivity contribution in [3.63, 3.8) is 0 Å². The van der Waals surface area contributed by atoms with Gasteiger partial charge in [-0.3, -0.25) is 0 Å². The zero-order valence-electron chi connectivity index (χ0n) is 53.7. The summed E-state index contributed by atoms with van der Waals surface area (Å²) in [6.07, 6.45) is -16.7. The molecule has 502 valence electrons. The molecule has 4 aliphatic rings. The summed E-state index contributed by atoms with van der Waals surface area (Å²) >= 11 is 0. The monoisotopic (exact) mass is 1340 g/mol. The largest absolute Gasteiger partial charge is 0.391 e. The molecular formula is C72H86N2O17S2Si. The number of ether oxygens (including phenoxy) is 11. The van der Waals surface area contributed by atoms with Crippen molar-refractivity contribution >= 4 is 28.4 Å². The minimum atomic E-state index is -4.54. The van der Waals surface area contributed by atoms with Crippen molar-refractivity contribution < 1.29 is 78.5 Å². The average Bonchev–Trinajstić information content (AvgIpc) is 0.762. The second kappa shape index (κ2) is 31.5. The van der Waals surface area contributed by atoms with Crippen molar-refractivity contribution in [2.24, 2.45) is 0 Å². The fourth-order valence-electron chi connectivity index (χ4n) is 11.7. The summed E-state index contributed by atoms with van der Waals surface area (Å²) < 4.78 is 150. The van der Waals surface area contributed by atoms with Crippen LogP contribution in [0.3, 0.4) is 0 Å². The number of benzene rings is 7. The number of aliphatic hydroxyl groups is 1. The van der Waals surface area contributed by atoms with Crippen LogP contribution >= 0.6 is 0 Å². The maximum absolute atomic E-state index is 15.3. The highest BCUT2D eigenvalue weighted by Gasteiger charge is 2.58. The van der Waals surface area contributed by atoms with E-state index in [-0.39, 0.29) is 60.9 Å². The molecule has 4 aliphatic heterocycles. The third-order valence-electron chi connectivity index (χ3n) is 17.8.